The molecule has 0 fully saturated rings. The number of guanidine groups is 1. The van der Waals surface area contributed by atoms with Gasteiger partial charge in [-0.25, -0.2) is 0 Å². The Morgan fingerprint density at radius 1 is 1.46 bits per heavy atom. The molecule has 1 aromatic heterocycles. The third kappa shape index (κ3) is 5.48. The van der Waals surface area contributed by atoms with Crippen molar-refractivity contribution in [3.63, 3.8) is 0 Å². The molecule has 0 aromatic carbocycles. The Hall–Kier alpha value is 0.180. The summed E-state index contributed by atoms with van der Waals surface area (Å²) in [5.74, 6) is 0.158. The van der Waals surface area contributed by atoms with Crippen molar-refractivity contribution < 1.29 is 0 Å². The molecule has 74 valence electrons. The monoisotopic (exact) mass is 375 g/mol. The lowest BCUT2D eigenvalue weighted by atomic mass is 10.3. The molecule has 0 amide bonds. The normalized spacial score (nSPS) is 9.00. The molecular weight excluding hydrogens is 365 g/mol. The van der Waals surface area contributed by atoms with Crippen LogP contribution in [0.5, 0.6) is 0 Å². The molecule has 0 saturated heterocycles. The van der Waals surface area contributed by atoms with Crippen LogP contribution in [0.4, 0.5) is 0 Å². The average Bonchev–Trinajstić information content (AvgIpc) is 2.35. The van der Waals surface area contributed by atoms with Crippen molar-refractivity contribution in [3.05, 3.63) is 20.8 Å². The number of aliphatic imine (C=N–C) groups is 1. The van der Waals surface area contributed by atoms with Crippen LogP contribution in [0.15, 0.2) is 20.9 Å². The SMILES string of the molecule is I.NC(N)=NCCc1ccc(Br)s1. The highest BCUT2D eigenvalue weighted by molar-refractivity contribution is 14.0. The molecule has 1 aromatic rings. The van der Waals surface area contributed by atoms with Crippen LogP contribution in [0.3, 0.4) is 0 Å². The maximum absolute atomic E-state index is 5.18. The van der Waals surface area contributed by atoms with Crippen LogP contribution in [-0.2, 0) is 6.42 Å². The standard InChI is InChI=1S/C7H10BrN3S.HI/c8-6-2-1-5(12-6)3-4-11-7(9)10;/h1-2H,3-4H2,(H4,9,10,11);1H. The Kier molecular flexibility index (Phi) is 6.70. The van der Waals surface area contributed by atoms with E-state index in [0.29, 0.717) is 6.54 Å². The molecule has 1 heterocycles. The van der Waals surface area contributed by atoms with Crippen molar-refractivity contribution in [2.75, 3.05) is 6.54 Å². The molecule has 1 rings (SSSR count). The van der Waals surface area contributed by atoms with Crippen LogP contribution < -0.4 is 11.5 Å². The van der Waals surface area contributed by atoms with Crippen LogP contribution in [0.25, 0.3) is 0 Å². The van der Waals surface area contributed by atoms with Crippen molar-refractivity contribution in [2.45, 2.75) is 6.42 Å². The maximum atomic E-state index is 5.18. The fourth-order valence-corrected chi connectivity index (χ4v) is 2.25. The zero-order chi connectivity index (χ0) is 8.97. The van der Waals surface area contributed by atoms with E-state index in [1.165, 1.54) is 4.88 Å². The smallest absolute Gasteiger partial charge is 0.185 e. The number of rotatable bonds is 3. The Morgan fingerprint density at radius 3 is 2.62 bits per heavy atom. The van der Waals surface area contributed by atoms with E-state index in [1.807, 2.05) is 6.07 Å². The van der Waals surface area contributed by atoms with E-state index < -0.39 is 0 Å². The molecule has 0 aliphatic rings. The summed E-state index contributed by atoms with van der Waals surface area (Å²) in [6, 6.07) is 4.09. The molecular formula is C7H11BrIN3S. The molecule has 6 heteroatoms. The van der Waals surface area contributed by atoms with Gasteiger partial charge in [0.1, 0.15) is 0 Å². The first-order valence-electron chi connectivity index (χ1n) is 3.48. The van der Waals surface area contributed by atoms with Gasteiger partial charge in [-0.05, 0) is 28.1 Å². The van der Waals surface area contributed by atoms with Crippen LogP contribution in [-0.4, -0.2) is 12.5 Å². The number of nitrogens with two attached hydrogens (primary N) is 2. The summed E-state index contributed by atoms with van der Waals surface area (Å²) in [6.07, 6.45) is 0.897. The second-order valence-electron chi connectivity index (χ2n) is 2.26. The largest absolute Gasteiger partial charge is 0.370 e. The highest BCUT2D eigenvalue weighted by Gasteiger charge is 1.95. The summed E-state index contributed by atoms with van der Waals surface area (Å²) in [6.45, 7) is 0.662. The van der Waals surface area contributed by atoms with Gasteiger partial charge in [0.05, 0.1) is 3.79 Å². The second-order valence-corrected chi connectivity index (χ2v) is 4.81. The molecule has 0 unspecified atom stereocenters. The first kappa shape index (κ1) is 13.2. The second kappa shape index (κ2) is 6.61. The van der Waals surface area contributed by atoms with Gasteiger partial charge in [-0.15, -0.1) is 35.3 Å². The highest BCUT2D eigenvalue weighted by Crippen LogP contribution is 2.22. The number of nitrogens with zero attached hydrogens (tertiary/aromatic N) is 1. The van der Waals surface area contributed by atoms with Crippen molar-refractivity contribution in [1.82, 2.24) is 0 Å². The summed E-state index contributed by atoms with van der Waals surface area (Å²) in [7, 11) is 0. The first-order valence-corrected chi connectivity index (χ1v) is 5.09. The molecule has 4 N–H and O–H groups in total. The first-order chi connectivity index (χ1) is 5.68. The zero-order valence-electron chi connectivity index (χ0n) is 6.87. The van der Waals surface area contributed by atoms with Crippen LogP contribution >= 0.6 is 51.2 Å². The minimum atomic E-state index is 0. The van der Waals surface area contributed by atoms with E-state index in [0.717, 1.165) is 10.2 Å². The highest BCUT2D eigenvalue weighted by atomic mass is 127. The average molecular weight is 376 g/mol. The Bertz CT molecular complexity index is 283. The van der Waals surface area contributed by atoms with Crippen molar-refractivity contribution in [2.24, 2.45) is 16.5 Å². The van der Waals surface area contributed by atoms with Gasteiger partial charge in [0.15, 0.2) is 5.96 Å². The lowest BCUT2D eigenvalue weighted by molar-refractivity contribution is 0.981. The van der Waals surface area contributed by atoms with Gasteiger partial charge in [0.2, 0.25) is 0 Å². The van der Waals surface area contributed by atoms with Crippen molar-refractivity contribution in [3.8, 4) is 0 Å². The maximum Gasteiger partial charge on any atom is 0.185 e. The van der Waals surface area contributed by atoms with Gasteiger partial charge >= 0.3 is 0 Å². The quantitative estimate of drug-likeness (QED) is 0.481. The summed E-state index contributed by atoms with van der Waals surface area (Å²) >= 11 is 5.09. The predicted molar refractivity (Wildman–Crippen MR) is 71.8 cm³/mol. The number of hydrogen-bond donors (Lipinski definition) is 2. The van der Waals surface area contributed by atoms with Gasteiger partial charge in [0.25, 0.3) is 0 Å². The Morgan fingerprint density at radius 2 is 2.15 bits per heavy atom. The minimum Gasteiger partial charge on any atom is -0.370 e. The molecule has 3 nitrogen and oxygen atoms in total. The zero-order valence-corrected chi connectivity index (χ0v) is 11.6. The van der Waals surface area contributed by atoms with Crippen molar-refractivity contribution in [1.29, 1.82) is 0 Å². The van der Waals surface area contributed by atoms with E-state index in [2.05, 4.69) is 27.0 Å². The number of halogens is 2. The van der Waals surface area contributed by atoms with Crippen LogP contribution in [0.2, 0.25) is 0 Å². The summed E-state index contributed by atoms with van der Waals surface area (Å²) < 4.78 is 1.14. The Labute approximate surface area is 107 Å². The van der Waals surface area contributed by atoms with E-state index in [-0.39, 0.29) is 29.9 Å². The predicted octanol–water partition coefficient (Wildman–Crippen LogP) is 1.94. The van der Waals surface area contributed by atoms with Gasteiger partial charge < -0.3 is 11.5 Å². The van der Waals surface area contributed by atoms with E-state index in [9.17, 15) is 0 Å². The van der Waals surface area contributed by atoms with Gasteiger partial charge in [-0.1, -0.05) is 0 Å². The van der Waals surface area contributed by atoms with Gasteiger partial charge in [-0.2, -0.15) is 0 Å². The molecule has 0 bridgehead atoms. The van der Waals surface area contributed by atoms with Gasteiger partial charge in [0, 0.05) is 17.8 Å². The lowest BCUT2D eigenvalue weighted by Crippen LogP contribution is -2.23. The van der Waals surface area contributed by atoms with E-state index in [1.54, 1.807) is 11.3 Å². The lowest BCUT2D eigenvalue weighted by Gasteiger charge is -1.92. The summed E-state index contributed by atoms with van der Waals surface area (Å²) in [5, 5.41) is 0. The molecule has 0 spiro atoms. The van der Waals surface area contributed by atoms with Crippen LogP contribution in [0, 0.1) is 0 Å². The molecule has 0 saturated carbocycles. The van der Waals surface area contributed by atoms with Gasteiger partial charge in [-0.3, -0.25) is 4.99 Å². The third-order valence-corrected chi connectivity index (χ3v) is 2.96. The Balaban J connectivity index is 0.00000144. The molecule has 13 heavy (non-hydrogen) atoms. The van der Waals surface area contributed by atoms with E-state index in [4.69, 9.17) is 11.5 Å². The number of thiophene rings is 1. The topological polar surface area (TPSA) is 64.4 Å². The summed E-state index contributed by atoms with van der Waals surface area (Å²) in [5.41, 5.74) is 10.4. The number of hydrogen-bond acceptors (Lipinski definition) is 2. The van der Waals surface area contributed by atoms with Crippen molar-refractivity contribution >= 4 is 57.2 Å². The third-order valence-electron chi connectivity index (χ3n) is 1.28. The molecule has 0 radical (unpaired) electrons. The fourth-order valence-electron chi connectivity index (χ4n) is 0.781. The van der Waals surface area contributed by atoms with E-state index >= 15 is 0 Å². The fraction of sp³-hybridized carbons (Fsp3) is 0.286. The van der Waals surface area contributed by atoms with Crippen LogP contribution in [0.1, 0.15) is 4.88 Å². The summed E-state index contributed by atoms with van der Waals surface area (Å²) in [4.78, 5) is 5.18. The molecule has 0 atom stereocenters. The molecule has 0 aliphatic carbocycles. The molecule has 0 aliphatic heterocycles. The minimum absolute atomic E-state index is 0.